The second kappa shape index (κ2) is 9.78. The Kier molecular flexibility index (Phi) is 6.73. The number of benzene rings is 1. The van der Waals surface area contributed by atoms with Crippen LogP contribution in [-0.4, -0.2) is 30.4 Å². The van der Waals surface area contributed by atoms with Gasteiger partial charge in [0.15, 0.2) is 5.78 Å². The van der Waals surface area contributed by atoms with Crippen LogP contribution in [0.15, 0.2) is 47.1 Å². The number of methoxy groups -OCH3 is 1. The van der Waals surface area contributed by atoms with Gasteiger partial charge in [0.05, 0.1) is 7.11 Å². The highest BCUT2D eigenvalue weighted by Gasteiger charge is 2.57. The Morgan fingerprint density at radius 2 is 1.91 bits per heavy atom. The molecule has 0 saturated heterocycles. The Balaban J connectivity index is 1.54. The summed E-state index contributed by atoms with van der Waals surface area (Å²) in [6.07, 6.45) is 9.48. The number of rotatable bonds is 5. The number of carbonyl (C=O) groups is 2. The van der Waals surface area contributed by atoms with Crippen molar-refractivity contribution in [3.8, 4) is 17.6 Å². The maximum atomic E-state index is 13.4. The van der Waals surface area contributed by atoms with Crippen molar-refractivity contribution >= 4 is 11.6 Å². The van der Waals surface area contributed by atoms with Gasteiger partial charge in [0, 0.05) is 31.1 Å². The number of Topliss-reactive ketones (excluding diaryl/α,β-unsaturated/α-hetero) is 1. The molecule has 4 aliphatic carbocycles. The molecule has 4 nitrogen and oxygen atoms in total. The molecule has 5 rings (SSSR count). The lowest BCUT2D eigenvalue weighted by Crippen LogP contribution is -2.45. The summed E-state index contributed by atoms with van der Waals surface area (Å²) in [5.74, 6) is 8.38. The van der Waals surface area contributed by atoms with Crippen LogP contribution in [-0.2, 0) is 9.59 Å². The molecule has 0 amide bonds. The number of ether oxygens (including phenoxy) is 1. The van der Waals surface area contributed by atoms with Crippen LogP contribution in [0.1, 0.15) is 76.2 Å². The molecule has 2 saturated carbocycles. The largest absolute Gasteiger partial charge is 0.497 e. The molecule has 1 aromatic carbocycles. The zero-order valence-corrected chi connectivity index (χ0v) is 20.9. The first kappa shape index (κ1) is 24.1. The molecule has 0 spiro atoms. The minimum absolute atomic E-state index is 0.0352. The molecule has 0 radical (unpaired) electrons. The standard InChI is InChI=1S/C31H36O4/c1-31-19-26(20-7-11-23(35-2)12-8-20)30-24-14-10-22(33)18-21(24)9-13-25(30)27(31)15-16-28(31)29(34)6-4-3-5-17-32/h7-8,11-12,18,25-28,32H,4,6,9-10,13-17,19H2,1-2H3/t25-,26+,27-,28+,31-/m0/s1. The minimum atomic E-state index is -0.151. The second-order valence-electron chi connectivity index (χ2n) is 11.0. The molecule has 1 N–H and O–H groups in total. The van der Waals surface area contributed by atoms with Crippen LogP contribution in [0.5, 0.6) is 5.75 Å². The zero-order valence-electron chi connectivity index (χ0n) is 20.9. The normalized spacial score (nSPS) is 31.5. The minimum Gasteiger partial charge on any atom is -0.497 e. The van der Waals surface area contributed by atoms with Gasteiger partial charge >= 0.3 is 0 Å². The highest BCUT2D eigenvalue weighted by Crippen LogP contribution is 2.65. The van der Waals surface area contributed by atoms with E-state index >= 15 is 0 Å². The van der Waals surface area contributed by atoms with Gasteiger partial charge in [-0.2, -0.15) is 0 Å². The molecular formula is C31H36O4. The predicted molar refractivity (Wildman–Crippen MR) is 136 cm³/mol. The lowest BCUT2D eigenvalue weighted by Gasteiger charge is -2.52. The molecule has 0 unspecified atom stereocenters. The van der Waals surface area contributed by atoms with Gasteiger partial charge in [0.2, 0.25) is 0 Å². The number of hydrogen-bond donors (Lipinski definition) is 1. The number of fused-ring (bicyclic) bond motifs is 4. The molecule has 184 valence electrons. The number of ketones is 2. The summed E-state index contributed by atoms with van der Waals surface area (Å²) >= 11 is 0. The molecule has 0 bridgehead atoms. The molecule has 4 aliphatic rings. The van der Waals surface area contributed by atoms with E-state index in [1.54, 1.807) is 12.7 Å². The molecule has 1 aromatic rings. The van der Waals surface area contributed by atoms with Crippen molar-refractivity contribution in [2.24, 2.45) is 23.2 Å². The van der Waals surface area contributed by atoms with Crippen molar-refractivity contribution in [3.63, 3.8) is 0 Å². The SMILES string of the molecule is COc1ccc([C@H]2C[C@]3(C)[C@@H](C(=O)CCC#CCO)CC[C@H]3[C@@H]3CCC4=CC(=O)CCC4=C32)cc1. The highest BCUT2D eigenvalue weighted by atomic mass is 16.5. The number of aliphatic hydroxyl groups is 1. The van der Waals surface area contributed by atoms with E-state index in [0.717, 1.165) is 44.3 Å². The van der Waals surface area contributed by atoms with Crippen molar-refractivity contribution in [1.82, 2.24) is 0 Å². The smallest absolute Gasteiger partial charge is 0.156 e. The molecule has 2 fully saturated rings. The fourth-order valence-electron chi connectivity index (χ4n) is 7.83. The molecule has 0 aliphatic heterocycles. The topological polar surface area (TPSA) is 63.6 Å². The van der Waals surface area contributed by atoms with E-state index in [1.165, 1.54) is 16.7 Å². The maximum Gasteiger partial charge on any atom is 0.156 e. The van der Waals surface area contributed by atoms with Gasteiger partial charge in [-0.1, -0.05) is 30.6 Å². The number of allylic oxidation sites excluding steroid dienone is 4. The van der Waals surface area contributed by atoms with Gasteiger partial charge < -0.3 is 9.84 Å². The van der Waals surface area contributed by atoms with Crippen molar-refractivity contribution in [3.05, 3.63) is 52.6 Å². The van der Waals surface area contributed by atoms with Crippen molar-refractivity contribution in [2.75, 3.05) is 13.7 Å². The van der Waals surface area contributed by atoms with Crippen LogP contribution in [0.3, 0.4) is 0 Å². The quantitative estimate of drug-likeness (QED) is 0.570. The van der Waals surface area contributed by atoms with Crippen LogP contribution >= 0.6 is 0 Å². The number of aliphatic hydroxyl groups excluding tert-OH is 1. The molecular weight excluding hydrogens is 436 g/mol. The summed E-state index contributed by atoms with van der Waals surface area (Å²) in [5, 5.41) is 8.92. The second-order valence-corrected chi connectivity index (χ2v) is 11.0. The van der Waals surface area contributed by atoms with Crippen LogP contribution in [0.25, 0.3) is 0 Å². The van der Waals surface area contributed by atoms with Crippen molar-refractivity contribution < 1.29 is 19.4 Å². The van der Waals surface area contributed by atoms with Gasteiger partial charge in [-0.05, 0) is 90.7 Å². The lowest BCUT2D eigenvalue weighted by molar-refractivity contribution is -0.127. The van der Waals surface area contributed by atoms with Gasteiger partial charge in [-0.25, -0.2) is 0 Å². The molecule has 5 atom stereocenters. The highest BCUT2D eigenvalue weighted by molar-refractivity contribution is 5.93. The third kappa shape index (κ3) is 4.29. The van der Waals surface area contributed by atoms with Gasteiger partial charge in [-0.3, -0.25) is 9.59 Å². The van der Waals surface area contributed by atoms with E-state index < -0.39 is 0 Å². The first-order chi connectivity index (χ1) is 17.0. The zero-order chi connectivity index (χ0) is 24.6. The Labute approximate surface area is 208 Å². The van der Waals surface area contributed by atoms with E-state index in [0.29, 0.717) is 36.9 Å². The molecule has 0 heterocycles. The Bertz CT molecular complexity index is 1130. The van der Waals surface area contributed by atoms with Gasteiger partial charge in [0.1, 0.15) is 18.1 Å². The summed E-state index contributed by atoms with van der Waals surface area (Å²) in [5.41, 5.74) is 5.53. The van der Waals surface area contributed by atoms with E-state index in [2.05, 4.69) is 30.9 Å². The summed E-state index contributed by atoms with van der Waals surface area (Å²) < 4.78 is 5.42. The Morgan fingerprint density at radius 3 is 2.66 bits per heavy atom. The summed E-state index contributed by atoms with van der Waals surface area (Å²) in [6, 6.07) is 8.48. The average molecular weight is 473 g/mol. The van der Waals surface area contributed by atoms with Crippen molar-refractivity contribution in [1.29, 1.82) is 0 Å². The summed E-state index contributed by atoms with van der Waals surface area (Å²) in [6.45, 7) is 2.22. The molecule has 4 heteroatoms. The first-order valence-electron chi connectivity index (χ1n) is 13.2. The lowest BCUT2D eigenvalue weighted by atomic mass is 9.51. The molecule has 35 heavy (non-hydrogen) atoms. The van der Waals surface area contributed by atoms with Gasteiger partial charge in [-0.15, -0.1) is 5.92 Å². The maximum absolute atomic E-state index is 13.4. The number of carbonyl (C=O) groups excluding carboxylic acids is 2. The molecule has 0 aromatic heterocycles. The monoisotopic (exact) mass is 472 g/mol. The fourth-order valence-corrected chi connectivity index (χ4v) is 7.83. The number of hydrogen-bond acceptors (Lipinski definition) is 4. The van der Waals surface area contributed by atoms with E-state index in [1.807, 2.05) is 18.2 Å². The first-order valence-corrected chi connectivity index (χ1v) is 13.2. The Morgan fingerprint density at radius 1 is 1.11 bits per heavy atom. The predicted octanol–water partition coefficient (Wildman–Crippen LogP) is 5.56. The summed E-state index contributed by atoms with van der Waals surface area (Å²) in [7, 11) is 1.69. The third-order valence-electron chi connectivity index (χ3n) is 9.34. The summed E-state index contributed by atoms with van der Waals surface area (Å²) in [4.78, 5) is 25.6. The van der Waals surface area contributed by atoms with E-state index in [-0.39, 0.29) is 29.6 Å². The van der Waals surface area contributed by atoms with Crippen molar-refractivity contribution in [2.45, 2.75) is 70.6 Å². The Hall–Kier alpha value is -2.64. The average Bonchev–Trinajstić information content (AvgIpc) is 3.22. The fraction of sp³-hybridized carbons (Fsp3) is 0.548. The van der Waals surface area contributed by atoms with Crippen LogP contribution in [0.4, 0.5) is 0 Å². The van der Waals surface area contributed by atoms with Gasteiger partial charge in [0.25, 0.3) is 0 Å². The third-order valence-corrected chi connectivity index (χ3v) is 9.34. The van der Waals surface area contributed by atoms with Crippen LogP contribution < -0.4 is 4.74 Å². The van der Waals surface area contributed by atoms with Crippen LogP contribution in [0, 0.1) is 35.0 Å². The van der Waals surface area contributed by atoms with E-state index in [9.17, 15) is 9.59 Å². The van der Waals surface area contributed by atoms with E-state index in [4.69, 9.17) is 9.84 Å². The van der Waals surface area contributed by atoms with Crippen LogP contribution in [0.2, 0.25) is 0 Å².